The number of likely N-dealkylation sites (N-methyl/N-ethyl adjacent to an activating group) is 1. The maximum Gasteiger partial charge on any atom is 0.286 e. The monoisotopic (exact) mass is 391 g/mol. The van der Waals surface area contributed by atoms with Gasteiger partial charge < -0.3 is 20.3 Å². The van der Waals surface area contributed by atoms with Gasteiger partial charge in [-0.05, 0) is 57.1 Å². The Morgan fingerprint density at radius 3 is 2.78 bits per heavy atom. The zero-order valence-corrected chi connectivity index (χ0v) is 16.5. The van der Waals surface area contributed by atoms with Crippen molar-refractivity contribution in [3.63, 3.8) is 0 Å². The molecule has 3 unspecified atom stereocenters. The van der Waals surface area contributed by atoms with Crippen molar-refractivity contribution in [2.24, 2.45) is 5.92 Å². The van der Waals surface area contributed by atoms with Gasteiger partial charge in [0.1, 0.15) is 6.10 Å². The second-order valence-electron chi connectivity index (χ2n) is 7.40. The van der Waals surface area contributed by atoms with Crippen LogP contribution in [0.2, 0.25) is 5.02 Å². The molecule has 2 aliphatic rings. The smallest absolute Gasteiger partial charge is 0.286 e. The van der Waals surface area contributed by atoms with Crippen LogP contribution in [0.3, 0.4) is 0 Å². The van der Waals surface area contributed by atoms with Crippen molar-refractivity contribution in [1.82, 2.24) is 15.5 Å². The number of nitrogens with zero attached hydrogens (tertiary/aromatic N) is 1. The highest BCUT2D eigenvalue weighted by molar-refractivity contribution is 6.30. The summed E-state index contributed by atoms with van der Waals surface area (Å²) < 4.78 is 5.96. The Bertz CT molecular complexity index is 718. The van der Waals surface area contributed by atoms with E-state index in [1.807, 2.05) is 31.1 Å². The van der Waals surface area contributed by atoms with E-state index in [9.17, 15) is 9.59 Å². The number of hydrogen-bond acceptors (Lipinski definition) is 4. The summed E-state index contributed by atoms with van der Waals surface area (Å²) in [5.74, 6) is 0.0542. The predicted octanol–water partition coefficient (Wildman–Crippen LogP) is 2.04. The van der Waals surface area contributed by atoms with Crippen molar-refractivity contribution in [2.75, 3.05) is 27.2 Å². The summed E-state index contributed by atoms with van der Waals surface area (Å²) in [4.78, 5) is 26.8. The molecule has 1 heterocycles. The molecule has 0 spiro atoms. The average molecular weight is 392 g/mol. The lowest BCUT2D eigenvalue weighted by atomic mass is 9.82. The summed E-state index contributed by atoms with van der Waals surface area (Å²) in [6, 6.07) is 7.10. The number of carbonyl (C=O) groups excluding carboxylic acids is 2. The van der Waals surface area contributed by atoms with E-state index in [4.69, 9.17) is 16.3 Å². The number of fused-ring (bicyclic) bond motifs is 1. The Kier molecular flexibility index (Phi) is 6.39. The lowest BCUT2D eigenvalue weighted by Gasteiger charge is -2.39. The van der Waals surface area contributed by atoms with Crippen molar-refractivity contribution < 1.29 is 14.3 Å². The lowest BCUT2D eigenvalue weighted by Crippen LogP contribution is -2.54. The summed E-state index contributed by atoms with van der Waals surface area (Å²) in [5, 5.41) is 6.64. The molecule has 2 fully saturated rings. The zero-order chi connectivity index (χ0) is 19.4. The number of hydrogen-bond donors (Lipinski definition) is 2. The average Bonchev–Trinajstić information content (AvgIpc) is 2.63. The quantitative estimate of drug-likeness (QED) is 0.753. The van der Waals surface area contributed by atoms with Gasteiger partial charge in [-0.25, -0.2) is 0 Å². The molecule has 1 aliphatic heterocycles. The third-order valence-corrected chi connectivity index (χ3v) is 5.25. The first-order chi connectivity index (χ1) is 12.9. The number of rotatable bonds is 5. The molecular formula is C20H26ClN3O3. The van der Waals surface area contributed by atoms with Crippen LogP contribution < -0.4 is 10.6 Å². The lowest BCUT2D eigenvalue weighted by molar-refractivity contribution is -0.134. The number of halogens is 1. The fourth-order valence-electron chi connectivity index (χ4n) is 3.49. The second kappa shape index (κ2) is 8.76. The summed E-state index contributed by atoms with van der Waals surface area (Å²) >= 11 is 5.89. The molecule has 6 nitrogen and oxygen atoms in total. The van der Waals surface area contributed by atoms with Gasteiger partial charge in [-0.2, -0.15) is 0 Å². The molecule has 1 aromatic rings. The van der Waals surface area contributed by atoms with Crippen molar-refractivity contribution in [1.29, 1.82) is 0 Å². The molecular weight excluding hydrogens is 366 g/mol. The number of nitrogens with one attached hydrogen (secondary N) is 2. The summed E-state index contributed by atoms with van der Waals surface area (Å²) in [5.41, 5.74) is 0.858. The Morgan fingerprint density at radius 1 is 1.33 bits per heavy atom. The largest absolute Gasteiger partial charge is 0.483 e. The molecule has 3 rings (SSSR count). The Labute approximate surface area is 164 Å². The molecule has 1 aliphatic carbocycles. The van der Waals surface area contributed by atoms with Crippen LogP contribution in [0.5, 0.6) is 0 Å². The van der Waals surface area contributed by atoms with E-state index in [-0.39, 0.29) is 29.9 Å². The van der Waals surface area contributed by atoms with Crippen LogP contribution in [0.15, 0.2) is 30.0 Å². The minimum absolute atomic E-state index is 0.0621. The second-order valence-corrected chi connectivity index (χ2v) is 7.84. The summed E-state index contributed by atoms with van der Waals surface area (Å²) in [7, 11) is 3.95. The number of carbonyl (C=O) groups is 2. The minimum atomic E-state index is -0.236. The Balaban J connectivity index is 1.57. The summed E-state index contributed by atoms with van der Waals surface area (Å²) in [6.07, 6.45) is 3.75. The first-order valence-electron chi connectivity index (χ1n) is 9.29. The molecule has 1 saturated carbocycles. The van der Waals surface area contributed by atoms with Gasteiger partial charge in [0.2, 0.25) is 5.91 Å². The van der Waals surface area contributed by atoms with Crippen LogP contribution >= 0.6 is 11.6 Å². The highest BCUT2D eigenvalue weighted by atomic mass is 35.5. The van der Waals surface area contributed by atoms with E-state index in [0.29, 0.717) is 23.7 Å². The van der Waals surface area contributed by atoms with Crippen LogP contribution in [-0.4, -0.2) is 56.0 Å². The van der Waals surface area contributed by atoms with E-state index in [0.717, 1.165) is 24.9 Å². The number of benzene rings is 1. The van der Waals surface area contributed by atoms with Crippen LogP contribution in [0.1, 0.15) is 24.8 Å². The van der Waals surface area contributed by atoms with Crippen molar-refractivity contribution in [2.45, 2.75) is 31.4 Å². The topological polar surface area (TPSA) is 70.7 Å². The van der Waals surface area contributed by atoms with Gasteiger partial charge in [0, 0.05) is 24.0 Å². The number of ether oxygens (including phenoxy) is 1. The van der Waals surface area contributed by atoms with Crippen molar-refractivity contribution in [3.05, 3.63) is 40.6 Å². The maximum atomic E-state index is 12.4. The summed E-state index contributed by atoms with van der Waals surface area (Å²) in [6.45, 7) is 1.44. The van der Waals surface area contributed by atoms with Gasteiger partial charge in [-0.3, -0.25) is 9.59 Å². The SMILES string of the molecule is CN(C)CCNC(=O)C1CCC2O/C(=C/c3ccc(Cl)cc3)C(=O)NC2C1. The fraction of sp³-hybridized carbons (Fsp3) is 0.500. The van der Waals surface area contributed by atoms with Crippen molar-refractivity contribution in [3.8, 4) is 0 Å². The third kappa shape index (κ3) is 5.23. The molecule has 1 aromatic carbocycles. The van der Waals surface area contributed by atoms with E-state index in [2.05, 4.69) is 10.6 Å². The Morgan fingerprint density at radius 2 is 2.07 bits per heavy atom. The minimum Gasteiger partial charge on any atom is -0.483 e. The van der Waals surface area contributed by atoms with Crippen LogP contribution in [0, 0.1) is 5.92 Å². The normalized spacial score (nSPS) is 26.3. The van der Waals surface area contributed by atoms with Crippen LogP contribution in [0.25, 0.3) is 6.08 Å². The first kappa shape index (κ1) is 19.7. The fourth-order valence-corrected chi connectivity index (χ4v) is 3.61. The third-order valence-electron chi connectivity index (χ3n) is 5.00. The standard InChI is InChI=1S/C20H26ClN3O3/c1-24(2)10-9-22-19(25)14-5-8-17-16(12-14)23-20(26)18(27-17)11-13-3-6-15(21)7-4-13/h3-4,6-7,11,14,16-17H,5,8-10,12H2,1-2H3,(H,22,25)(H,23,26)/b18-11+. The Hall–Kier alpha value is -2.05. The van der Waals surface area contributed by atoms with E-state index >= 15 is 0 Å². The zero-order valence-electron chi connectivity index (χ0n) is 15.7. The number of morpholine rings is 1. The molecule has 2 amide bonds. The van der Waals surface area contributed by atoms with Gasteiger partial charge in [0.15, 0.2) is 5.76 Å². The highest BCUT2D eigenvalue weighted by Gasteiger charge is 2.40. The van der Waals surface area contributed by atoms with Crippen LogP contribution in [0.4, 0.5) is 0 Å². The molecule has 0 bridgehead atoms. The molecule has 146 valence electrons. The molecule has 0 aromatic heterocycles. The van der Waals surface area contributed by atoms with Gasteiger partial charge in [-0.15, -0.1) is 0 Å². The van der Waals surface area contributed by atoms with Crippen molar-refractivity contribution >= 4 is 29.5 Å². The molecule has 3 atom stereocenters. The highest BCUT2D eigenvalue weighted by Crippen LogP contribution is 2.31. The molecule has 1 saturated heterocycles. The molecule has 2 N–H and O–H groups in total. The van der Waals surface area contributed by atoms with Gasteiger partial charge in [0.05, 0.1) is 6.04 Å². The van der Waals surface area contributed by atoms with E-state index < -0.39 is 0 Å². The molecule has 7 heteroatoms. The number of amides is 2. The maximum absolute atomic E-state index is 12.4. The van der Waals surface area contributed by atoms with E-state index in [1.54, 1.807) is 18.2 Å². The molecule has 0 radical (unpaired) electrons. The van der Waals surface area contributed by atoms with E-state index in [1.165, 1.54) is 0 Å². The predicted molar refractivity (Wildman–Crippen MR) is 105 cm³/mol. The molecule has 27 heavy (non-hydrogen) atoms. The van der Waals surface area contributed by atoms with Gasteiger partial charge in [-0.1, -0.05) is 23.7 Å². The van der Waals surface area contributed by atoms with Crippen LogP contribution in [-0.2, 0) is 14.3 Å². The van der Waals surface area contributed by atoms with Gasteiger partial charge in [0.25, 0.3) is 5.91 Å². The van der Waals surface area contributed by atoms with Gasteiger partial charge >= 0.3 is 0 Å². The first-order valence-corrected chi connectivity index (χ1v) is 9.67.